The summed E-state index contributed by atoms with van der Waals surface area (Å²) in [4.78, 5) is 13.5. The molecular weight excluding hydrogens is 290 g/mol. The Labute approximate surface area is 105 Å². The Morgan fingerprint density at radius 2 is 2.06 bits per heavy atom. The second-order valence-corrected chi connectivity index (χ2v) is 4.58. The van der Waals surface area contributed by atoms with Gasteiger partial charge in [-0.3, -0.25) is 0 Å². The Bertz CT molecular complexity index is 566. The molecule has 0 amide bonds. The molecule has 0 radical (unpaired) electrons. The summed E-state index contributed by atoms with van der Waals surface area (Å²) in [6.07, 6.45) is -1.80. The third-order valence-electron chi connectivity index (χ3n) is 2.55. The number of hydrogen-bond acceptors (Lipinski definition) is 3. The van der Waals surface area contributed by atoms with Crippen molar-refractivity contribution < 1.29 is 20.1 Å². The lowest BCUT2D eigenvalue weighted by molar-refractivity contribution is -0.153. The Balaban J connectivity index is 2.46. The predicted molar refractivity (Wildman–Crippen MR) is 64.6 cm³/mol. The Hall–Kier alpha value is -1.37. The molecule has 2 rings (SSSR count). The van der Waals surface area contributed by atoms with Crippen LogP contribution in [-0.4, -0.2) is 32.4 Å². The molecule has 0 aliphatic heterocycles. The smallest absolute Gasteiger partial charge is 0.335 e. The molecule has 0 spiro atoms. The number of rotatable bonds is 3. The van der Waals surface area contributed by atoms with Gasteiger partial charge in [-0.25, -0.2) is 4.79 Å². The number of aromatic amines is 1. The number of fused-ring (bicyclic) bond motifs is 1. The van der Waals surface area contributed by atoms with Crippen LogP contribution >= 0.6 is 15.9 Å². The molecule has 0 bridgehead atoms. The largest absolute Gasteiger partial charge is 0.479 e. The zero-order valence-corrected chi connectivity index (χ0v) is 10.2. The zero-order valence-electron chi connectivity index (χ0n) is 8.59. The van der Waals surface area contributed by atoms with Crippen LogP contribution in [0.2, 0.25) is 0 Å². The lowest BCUT2D eigenvalue weighted by Gasteiger charge is -2.13. The monoisotopic (exact) mass is 299 g/mol. The molecular formula is C11H10BrNO4. The fraction of sp³-hybridized carbons (Fsp3) is 0.182. The van der Waals surface area contributed by atoms with Crippen molar-refractivity contribution in [2.45, 2.75) is 12.2 Å². The van der Waals surface area contributed by atoms with Crippen molar-refractivity contribution in [3.63, 3.8) is 0 Å². The van der Waals surface area contributed by atoms with Gasteiger partial charge in [0.1, 0.15) is 6.10 Å². The van der Waals surface area contributed by atoms with E-state index in [0.717, 1.165) is 9.99 Å². The van der Waals surface area contributed by atoms with Gasteiger partial charge >= 0.3 is 5.97 Å². The minimum Gasteiger partial charge on any atom is -0.479 e. The van der Waals surface area contributed by atoms with E-state index in [-0.39, 0.29) is 0 Å². The maximum atomic E-state index is 10.6. The van der Waals surface area contributed by atoms with Gasteiger partial charge in [0.05, 0.1) is 0 Å². The van der Waals surface area contributed by atoms with Crippen LogP contribution in [0.15, 0.2) is 28.9 Å². The van der Waals surface area contributed by atoms with E-state index in [1.54, 1.807) is 18.2 Å². The number of benzene rings is 1. The summed E-state index contributed by atoms with van der Waals surface area (Å²) in [7, 11) is 0. The van der Waals surface area contributed by atoms with E-state index >= 15 is 0 Å². The molecule has 0 fully saturated rings. The first-order valence-electron chi connectivity index (χ1n) is 4.86. The molecule has 90 valence electrons. The zero-order chi connectivity index (χ0) is 12.6. The third kappa shape index (κ3) is 2.19. The van der Waals surface area contributed by atoms with Gasteiger partial charge in [0.15, 0.2) is 6.10 Å². The van der Waals surface area contributed by atoms with Crippen LogP contribution < -0.4 is 0 Å². The highest BCUT2D eigenvalue weighted by Crippen LogP contribution is 2.28. The normalized spacial score (nSPS) is 14.8. The predicted octanol–water partition coefficient (Wildman–Crippen LogP) is 1.41. The highest BCUT2D eigenvalue weighted by molar-refractivity contribution is 9.10. The number of hydrogen-bond donors (Lipinski definition) is 4. The minimum atomic E-state index is -1.84. The average Bonchev–Trinajstić information content (AvgIpc) is 2.69. The fourth-order valence-electron chi connectivity index (χ4n) is 1.67. The van der Waals surface area contributed by atoms with Crippen LogP contribution in [-0.2, 0) is 4.79 Å². The van der Waals surface area contributed by atoms with Crippen LogP contribution in [0.3, 0.4) is 0 Å². The van der Waals surface area contributed by atoms with Gasteiger partial charge in [-0.15, -0.1) is 0 Å². The summed E-state index contributed by atoms with van der Waals surface area (Å²) in [5.74, 6) is -1.45. The Morgan fingerprint density at radius 1 is 1.35 bits per heavy atom. The third-order valence-corrected chi connectivity index (χ3v) is 3.04. The minimum absolute atomic E-state index is 0.363. The van der Waals surface area contributed by atoms with E-state index in [0.29, 0.717) is 10.9 Å². The van der Waals surface area contributed by atoms with Crippen LogP contribution in [0, 0.1) is 0 Å². The molecule has 0 saturated carbocycles. The molecule has 2 unspecified atom stereocenters. The molecule has 0 saturated heterocycles. The highest BCUT2D eigenvalue weighted by Gasteiger charge is 2.27. The van der Waals surface area contributed by atoms with Crippen molar-refractivity contribution in [1.82, 2.24) is 4.98 Å². The van der Waals surface area contributed by atoms with E-state index < -0.39 is 18.2 Å². The van der Waals surface area contributed by atoms with E-state index in [9.17, 15) is 15.0 Å². The van der Waals surface area contributed by atoms with Crippen molar-refractivity contribution in [2.75, 3.05) is 0 Å². The maximum Gasteiger partial charge on any atom is 0.335 e. The molecule has 1 aromatic heterocycles. The highest BCUT2D eigenvalue weighted by atomic mass is 79.9. The first-order valence-corrected chi connectivity index (χ1v) is 5.65. The number of aliphatic hydroxyl groups excluding tert-OH is 2. The maximum absolute atomic E-state index is 10.6. The number of carboxylic acids is 1. The first-order chi connectivity index (χ1) is 8.00. The van der Waals surface area contributed by atoms with Crippen molar-refractivity contribution in [3.8, 4) is 0 Å². The van der Waals surface area contributed by atoms with Gasteiger partial charge in [0, 0.05) is 27.1 Å². The molecule has 2 aromatic rings. The number of carboxylic acid groups (broad SMARTS) is 1. The molecule has 4 N–H and O–H groups in total. The summed E-state index contributed by atoms with van der Waals surface area (Å²) in [6.45, 7) is 0. The fourth-order valence-corrected chi connectivity index (χ4v) is 2.03. The number of aromatic nitrogens is 1. The summed E-state index contributed by atoms with van der Waals surface area (Å²) in [5.41, 5.74) is 1.12. The van der Waals surface area contributed by atoms with Crippen LogP contribution in [0.5, 0.6) is 0 Å². The lowest BCUT2D eigenvalue weighted by atomic mass is 10.0. The summed E-state index contributed by atoms with van der Waals surface area (Å²) in [5, 5.41) is 28.4. The standard InChI is InChI=1S/C11H10BrNO4/c12-5-1-2-6-7(4-13-8(6)3-5)9(14)10(15)11(16)17/h1-4,9-10,13-15H,(H,16,17). The van der Waals surface area contributed by atoms with Crippen LogP contribution in [0.4, 0.5) is 0 Å². The van der Waals surface area contributed by atoms with Crippen LogP contribution in [0.1, 0.15) is 11.7 Å². The topological polar surface area (TPSA) is 93.6 Å². The average molecular weight is 300 g/mol. The lowest BCUT2D eigenvalue weighted by Crippen LogP contribution is -2.27. The van der Waals surface area contributed by atoms with Gasteiger partial charge < -0.3 is 20.3 Å². The van der Waals surface area contributed by atoms with Gasteiger partial charge in [-0.05, 0) is 12.1 Å². The van der Waals surface area contributed by atoms with E-state index in [4.69, 9.17) is 5.11 Å². The summed E-state index contributed by atoms with van der Waals surface area (Å²) in [6, 6.07) is 5.32. The van der Waals surface area contributed by atoms with Gasteiger partial charge in [-0.2, -0.15) is 0 Å². The van der Waals surface area contributed by atoms with Crippen molar-refractivity contribution in [2.24, 2.45) is 0 Å². The summed E-state index contributed by atoms with van der Waals surface area (Å²) < 4.78 is 0.867. The molecule has 0 aliphatic carbocycles. The SMILES string of the molecule is O=C(O)C(O)C(O)c1c[nH]c2cc(Br)ccc12. The molecule has 2 atom stereocenters. The molecule has 17 heavy (non-hydrogen) atoms. The Morgan fingerprint density at radius 3 is 2.71 bits per heavy atom. The molecule has 1 heterocycles. The van der Waals surface area contributed by atoms with Gasteiger partial charge in [-0.1, -0.05) is 22.0 Å². The van der Waals surface area contributed by atoms with Gasteiger partial charge in [0.25, 0.3) is 0 Å². The molecule has 6 heteroatoms. The second kappa shape index (κ2) is 4.48. The van der Waals surface area contributed by atoms with Gasteiger partial charge in [0.2, 0.25) is 0 Å². The number of aliphatic hydroxyl groups is 2. The van der Waals surface area contributed by atoms with E-state index in [2.05, 4.69) is 20.9 Å². The number of carbonyl (C=O) groups is 1. The van der Waals surface area contributed by atoms with Crippen molar-refractivity contribution in [1.29, 1.82) is 0 Å². The van der Waals surface area contributed by atoms with E-state index in [1.165, 1.54) is 6.20 Å². The molecule has 0 aliphatic rings. The Kier molecular flexibility index (Phi) is 3.19. The number of aliphatic carboxylic acids is 1. The summed E-state index contributed by atoms with van der Waals surface area (Å²) >= 11 is 3.30. The number of H-pyrrole nitrogens is 1. The van der Waals surface area contributed by atoms with E-state index in [1.807, 2.05) is 0 Å². The molecule has 1 aromatic carbocycles. The second-order valence-electron chi connectivity index (χ2n) is 3.66. The number of nitrogens with one attached hydrogen (secondary N) is 1. The van der Waals surface area contributed by atoms with Crippen LogP contribution in [0.25, 0.3) is 10.9 Å². The van der Waals surface area contributed by atoms with Crippen molar-refractivity contribution >= 4 is 32.8 Å². The quantitative estimate of drug-likeness (QED) is 0.689. The molecule has 5 nitrogen and oxygen atoms in total. The van der Waals surface area contributed by atoms with Crippen molar-refractivity contribution in [3.05, 3.63) is 34.4 Å². The number of halogens is 1. The first kappa shape index (κ1) is 12.1.